The third kappa shape index (κ3) is 4.25. The predicted octanol–water partition coefficient (Wildman–Crippen LogP) is 3.80. The van der Waals surface area contributed by atoms with Crippen molar-refractivity contribution in [2.75, 3.05) is 22.1 Å². The van der Waals surface area contributed by atoms with Crippen LogP contribution in [-0.4, -0.2) is 43.1 Å². The van der Waals surface area contributed by atoms with E-state index in [-0.39, 0.29) is 0 Å². The fraction of sp³-hybridized carbons (Fsp3) is 0.500. The maximum Gasteiger partial charge on any atom is 0.227 e. The van der Waals surface area contributed by atoms with E-state index in [1.165, 1.54) is 11.3 Å². The number of imidazole rings is 1. The second kappa shape index (κ2) is 8.81. The van der Waals surface area contributed by atoms with Crippen LogP contribution in [0.4, 0.5) is 11.8 Å². The van der Waals surface area contributed by atoms with Gasteiger partial charge in [0.15, 0.2) is 17.0 Å². The normalized spacial score (nSPS) is 24.2. The van der Waals surface area contributed by atoms with Gasteiger partial charge in [-0.2, -0.15) is 21.7 Å². The van der Waals surface area contributed by atoms with Crippen molar-refractivity contribution in [3.8, 4) is 0 Å². The van der Waals surface area contributed by atoms with E-state index in [1.807, 2.05) is 24.2 Å². The van der Waals surface area contributed by atoms with Crippen molar-refractivity contribution < 1.29 is 0 Å². The summed E-state index contributed by atoms with van der Waals surface area (Å²) in [5, 5.41) is 7.08. The lowest BCUT2D eigenvalue weighted by molar-refractivity contribution is 0.410. The molecular formula is C22H29N7S. The lowest BCUT2D eigenvalue weighted by Crippen LogP contribution is -2.33. The zero-order valence-corrected chi connectivity index (χ0v) is 17.9. The first-order valence-electron chi connectivity index (χ1n) is 10.9. The van der Waals surface area contributed by atoms with Gasteiger partial charge in [0.25, 0.3) is 0 Å². The number of fused-ring (bicyclic) bond motifs is 1. The number of rotatable bonds is 6. The van der Waals surface area contributed by atoms with Crippen molar-refractivity contribution in [2.45, 2.75) is 56.8 Å². The van der Waals surface area contributed by atoms with Crippen molar-refractivity contribution in [2.24, 2.45) is 5.73 Å². The maximum atomic E-state index is 6.08. The molecule has 2 fully saturated rings. The highest BCUT2D eigenvalue weighted by molar-refractivity contribution is 7.99. The zero-order chi connectivity index (χ0) is 20.3. The van der Waals surface area contributed by atoms with Crippen LogP contribution < -0.4 is 16.4 Å². The molecule has 3 heterocycles. The average Bonchev–Trinajstić information content (AvgIpc) is 3.44. The third-order valence-electron chi connectivity index (χ3n) is 6.13. The van der Waals surface area contributed by atoms with Crippen LogP contribution in [0.2, 0.25) is 0 Å². The predicted molar refractivity (Wildman–Crippen MR) is 124 cm³/mol. The van der Waals surface area contributed by atoms with Crippen molar-refractivity contribution >= 4 is 34.7 Å². The number of nitrogens with two attached hydrogens (primary N) is 1. The Kier molecular flexibility index (Phi) is 5.77. The van der Waals surface area contributed by atoms with E-state index in [0.717, 1.165) is 54.8 Å². The molecule has 1 saturated heterocycles. The average molecular weight is 424 g/mol. The highest BCUT2D eigenvalue weighted by Crippen LogP contribution is 2.32. The number of aromatic nitrogens is 4. The Morgan fingerprint density at radius 1 is 1.07 bits per heavy atom. The highest BCUT2D eigenvalue weighted by Gasteiger charge is 2.24. The van der Waals surface area contributed by atoms with E-state index in [9.17, 15) is 0 Å². The molecule has 3 aromatic rings. The molecule has 1 atom stereocenters. The maximum absolute atomic E-state index is 6.08. The van der Waals surface area contributed by atoms with Crippen molar-refractivity contribution in [3.63, 3.8) is 0 Å². The van der Waals surface area contributed by atoms with Crippen LogP contribution in [0.15, 0.2) is 36.7 Å². The number of benzene rings is 1. The summed E-state index contributed by atoms with van der Waals surface area (Å²) < 4.78 is 2.24. The van der Waals surface area contributed by atoms with Gasteiger partial charge in [-0.15, -0.1) is 0 Å². The summed E-state index contributed by atoms with van der Waals surface area (Å²) in [6.07, 6.45) is 7.33. The Hall–Kier alpha value is -2.32. The summed E-state index contributed by atoms with van der Waals surface area (Å²) in [6.45, 7) is 0.705. The number of thioether (sulfide) groups is 1. The van der Waals surface area contributed by atoms with Crippen molar-refractivity contribution in [1.82, 2.24) is 19.5 Å². The fourth-order valence-corrected chi connectivity index (χ4v) is 5.55. The molecule has 2 aliphatic rings. The molecule has 0 amide bonds. The number of anilines is 2. The monoisotopic (exact) mass is 423 g/mol. The first-order chi connectivity index (χ1) is 14.8. The SMILES string of the molecule is NC1CCC(Nc2nc(NCc3ccccc3)c3ncn(C4CCSC4)c3n2)CC1. The second-order valence-corrected chi connectivity index (χ2v) is 9.48. The van der Waals surface area contributed by atoms with Gasteiger partial charge < -0.3 is 20.9 Å². The number of nitrogens with one attached hydrogen (secondary N) is 2. The van der Waals surface area contributed by atoms with E-state index in [0.29, 0.717) is 30.6 Å². The highest BCUT2D eigenvalue weighted by atomic mass is 32.2. The standard InChI is InChI=1S/C22H29N7S/c23-16-6-8-17(9-7-16)26-22-27-20(24-12-15-4-2-1-3-5-15)19-21(28-22)29(14-25-19)18-10-11-30-13-18/h1-5,14,16-18H,6-13,23H2,(H2,24,26,27,28). The molecule has 1 aromatic carbocycles. The fourth-order valence-electron chi connectivity index (χ4n) is 4.34. The smallest absolute Gasteiger partial charge is 0.227 e. The summed E-state index contributed by atoms with van der Waals surface area (Å²) in [4.78, 5) is 14.4. The van der Waals surface area contributed by atoms with E-state index < -0.39 is 0 Å². The molecule has 4 N–H and O–H groups in total. The van der Waals surface area contributed by atoms with Gasteiger partial charge >= 0.3 is 0 Å². The largest absolute Gasteiger partial charge is 0.364 e. The van der Waals surface area contributed by atoms with Crippen LogP contribution >= 0.6 is 11.8 Å². The number of nitrogens with zero attached hydrogens (tertiary/aromatic N) is 4. The van der Waals surface area contributed by atoms with E-state index in [1.54, 1.807) is 0 Å². The summed E-state index contributed by atoms with van der Waals surface area (Å²) in [5.74, 6) is 3.79. The molecule has 1 aliphatic heterocycles. The molecule has 158 valence electrons. The molecule has 0 spiro atoms. The van der Waals surface area contributed by atoms with E-state index in [4.69, 9.17) is 20.7 Å². The van der Waals surface area contributed by atoms with E-state index >= 15 is 0 Å². The Balaban J connectivity index is 1.45. The number of hydrogen-bond donors (Lipinski definition) is 3. The van der Waals surface area contributed by atoms with Gasteiger partial charge in [0.2, 0.25) is 5.95 Å². The molecule has 8 heteroatoms. The molecule has 30 heavy (non-hydrogen) atoms. The van der Waals surface area contributed by atoms with Gasteiger partial charge in [-0.3, -0.25) is 0 Å². The molecule has 2 aromatic heterocycles. The summed E-state index contributed by atoms with van der Waals surface area (Å²) >= 11 is 2.00. The quantitative estimate of drug-likeness (QED) is 0.555. The Morgan fingerprint density at radius 2 is 1.90 bits per heavy atom. The van der Waals surface area contributed by atoms with Crippen LogP contribution in [0.5, 0.6) is 0 Å². The summed E-state index contributed by atoms with van der Waals surface area (Å²) in [5.41, 5.74) is 9.06. The van der Waals surface area contributed by atoms with Gasteiger partial charge in [-0.05, 0) is 43.4 Å². The molecule has 0 bridgehead atoms. The lowest BCUT2D eigenvalue weighted by Gasteiger charge is -2.27. The van der Waals surface area contributed by atoms with E-state index in [2.05, 4.69) is 39.5 Å². The van der Waals surface area contributed by atoms with Crippen LogP contribution in [-0.2, 0) is 6.54 Å². The van der Waals surface area contributed by atoms with Gasteiger partial charge in [0.1, 0.15) is 0 Å². The first-order valence-corrected chi connectivity index (χ1v) is 12.0. The molecular weight excluding hydrogens is 394 g/mol. The minimum Gasteiger partial charge on any atom is -0.364 e. The molecule has 5 rings (SSSR count). The van der Waals surface area contributed by atoms with Gasteiger partial charge in [-0.25, -0.2) is 4.98 Å². The van der Waals surface area contributed by atoms with Gasteiger partial charge in [-0.1, -0.05) is 30.3 Å². The minimum absolute atomic E-state index is 0.329. The molecule has 1 unspecified atom stereocenters. The second-order valence-electron chi connectivity index (χ2n) is 8.33. The van der Waals surface area contributed by atoms with Crippen LogP contribution in [0.1, 0.15) is 43.7 Å². The van der Waals surface area contributed by atoms with Crippen molar-refractivity contribution in [1.29, 1.82) is 0 Å². The number of hydrogen-bond acceptors (Lipinski definition) is 7. The first kappa shape index (κ1) is 19.6. The van der Waals surface area contributed by atoms with Crippen LogP contribution in [0.25, 0.3) is 11.2 Å². The lowest BCUT2D eigenvalue weighted by atomic mass is 9.92. The topological polar surface area (TPSA) is 93.7 Å². The van der Waals surface area contributed by atoms with Crippen LogP contribution in [0.3, 0.4) is 0 Å². The van der Waals surface area contributed by atoms with Gasteiger partial charge in [0, 0.05) is 30.4 Å². The molecule has 1 aliphatic carbocycles. The third-order valence-corrected chi connectivity index (χ3v) is 7.27. The molecule has 7 nitrogen and oxygen atoms in total. The summed E-state index contributed by atoms with van der Waals surface area (Å²) in [7, 11) is 0. The van der Waals surface area contributed by atoms with Crippen LogP contribution in [0, 0.1) is 0 Å². The minimum atomic E-state index is 0.329. The van der Waals surface area contributed by atoms with Crippen molar-refractivity contribution in [3.05, 3.63) is 42.2 Å². The Labute approximate surface area is 181 Å². The molecule has 0 radical (unpaired) electrons. The Morgan fingerprint density at radius 3 is 2.67 bits per heavy atom. The Bertz CT molecular complexity index is 976. The molecule has 1 saturated carbocycles. The zero-order valence-electron chi connectivity index (χ0n) is 17.1. The summed E-state index contributed by atoms with van der Waals surface area (Å²) in [6, 6.07) is 11.5. The van der Waals surface area contributed by atoms with Gasteiger partial charge in [0.05, 0.1) is 6.33 Å².